The van der Waals surface area contributed by atoms with Crippen LogP contribution >= 0.6 is 0 Å². The highest BCUT2D eigenvalue weighted by Gasteiger charge is 2.43. The number of halogens is 6. The van der Waals surface area contributed by atoms with Gasteiger partial charge in [0.2, 0.25) is 0 Å². The molecule has 2 saturated heterocycles. The number of carbonyl (C=O) groups excluding carboxylic acids is 1. The summed E-state index contributed by atoms with van der Waals surface area (Å²) in [6.07, 6.45) is -8.72. The second-order valence-corrected chi connectivity index (χ2v) is 8.75. The van der Waals surface area contributed by atoms with Crippen molar-refractivity contribution in [3.63, 3.8) is 0 Å². The van der Waals surface area contributed by atoms with E-state index in [9.17, 15) is 31.1 Å². The minimum atomic E-state index is -4.94. The van der Waals surface area contributed by atoms with Crippen molar-refractivity contribution < 1.29 is 40.6 Å². The minimum absolute atomic E-state index is 0.0458. The van der Waals surface area contributed by atoms with Crippen molar-refractivity contribution >= 4 is 6.03 Å². The van der Waals surface area contributed by atoms with E-state index >= 15 is 0 Å². The summed E-state index contributed by atoms with van der Waals surface area (Å²) in [5, 5.41) is 2.98. The zero-order chi connectivity index (χ0) is 25.3. The fraction of sp³-hybridized carbons (Fsp3) is 0.458. The Balaban J connectivity index is 1.53. The van der Waals surface area contributed by atoms with E-state index < -0.39 is 35.6 Å². The predicted octanol–water partition coefficient (Wildman–Crippen LogP) is 5.34. The predicted molar refractivity (Wildman–Crippen MR) is 113 cm³/mol. The van der Waals surface area contributed by atoms with E-state index in [-0.39, 0.29) is 30.3 Å². The van der Waals surface area contributed by atoms with Crippen LogP contribution in [-0.2, 0) is 34.0 Å². The summed E-state index contributed by atoms with van der Waals surface area (Å²) in [6.45, 7) is 0.796. The normalized spacial score (nSPS) is 23.4. The molecule has 2 amide bonds. The number of carbonyl (C=O) groups is 1. The molecular formula is C24H24F6N2O3. The van der Waals surface area contributed by atoms with Crippen LogP contribution in [0.4, 0.5) is 31.1 Å². The second-order valence-electron chi connectivity index (χ2n) is 8.75. The Labute approximate surface area is 198 Å². The number of amides is 2. The summed E-state index contributed by atoms with van der Waals surface area (Å²) in [7, 11) is 0. The van der Waals surface area contributed by atoms with Crippen LogP contribution in [0.15, 0.2) is 48.5 Å². The van der Waals surface area contributed by atoms with E-state index in [0.29, 0.717) is 38.3 Å². The number of nitrogens with one attached hydrogen (secondary N) is 1. The average molecular weight is 502 g/mol. The van der Waals surface area contributed by atoms with Gasteiger partial charge in [0.15, 0.2) is 0 Å². The zero-order valence-electron chi connectivity index (χ0n) is 18.6. The van der Waals surface area contributed by atoms with Gasteiger partial charge in [0, 0.05) is 13.2 Å². The molecule has 2 aromatic rings. The molecule has 190 valence electrons. The first kappa shape index (κ1) is 25.3. The molecule has 2 fully saturated rings. The fourth-order valence-corrected chi connectivity index (χ4v) is 4.48. The van der Waals surface area contributed by atoms with Crippen LogP contribution < -0.4 is 5.32 Å². The number of alkyl halides is 6. The minimum Gasteiger partial charge on any atom is -0.379 e. The number of benzene rings is 2. The van der Waals surface area contributed by atoms with Gasteiger partial charge < -0.3 is 19.7 Å². The Morgan fingerprint density at radius 2 is 1.69 bits per heavy atom. The van der Waals surface area contributed by atoms with Crippen LogP contribution in [0.5, 0.6) is 0 Å². The highest BCUT2D eigenvalue weighted by atomic mass is 19.4. The van der Waals surface area contributed by atoms with E-state index in [0.717, 1.165) is 12.0 Å². The Morgan fingerprint density at radius 3 is 2.23 bits per heavy atom. The van der Waals surface area contributed by atoms with Crippen LogP contribution in [0.1, 0.15) is 35.1 Å². The van der Waals surface area contributed by atoms with Gasteiger partial charge in [-0.25, -0.2) is 4.79 Å². The van der Waals surface area contributed by atoms with Gasteiger partial charge in [0.25, 0.3) is 0 Å². The monoisotopic (exact) mass is 502 g/mol. The maximum absolute atomic E-state index is 13.2. The summed E-state index contributed by atoms with van der Waals surface area (Å²) >= 11 is 0. The molecule has 0 aromatic heterocycles. The molecule has 2 aliphatic heterocycles. The molecule has 2 aromatic carbocycles. The molecule has 0 spiro atoms. The summed E-state index contributed by atoms with van der Waals surface area (Å²) in [5.41, 5.74) is -3.31. The van der Waals surface area contributed by atoms with Crippen LogP contribution in [0.3, 0.4) is 0 Å². The molecule has 2 heterocycles. The highest BCUT2D eigenvalue weighted by molar-refractivity contribution is 5.77. The first-order valence-corrected chi connectivity index (χ1v) is 11.1. The number of hydrogen-bond donors (Lipinski definition) is 1. The quantitative estimate of drug-likeness (QED) is 0.543. The number of ether oxygens (including phenoxy) is 2. The van der Waals surface area contributed by atoms with Crippen molar-refractivity contribution in [3.8, 4) is 0 Å². The summed E-state index contributed by atoms with van der Waals surface area (Å²) in [6, 6.07) is 9.95. The maximum Gasteiger partial charge on any atom is 0.416 e. The van der Waals surface area contributed by atoms with E-state index in [1.165, 1.54) is 0 Å². The SMILES string of the molecule is O=C1NC(COCc2cc(C(F)(F)F)cc(C(F)(F)F)c2)(c2ccccc2)CCN1C1CCOC1. The Morgan fingerprint density at radius 1 is 1.03 bits per heavy atom. The number of urea groups is 1. The first-order valence-electron chi connectivity index (χ1n) is 11.1. The lowest BCUT2D eigenvalue weighted by atomic mass is 9.85. The third-order valence-corrected chi connectivity index (χ3v) is 6.32. The van der Waals surface area contributed by atoms with Crippen molar-refractivity contribution in [3.05, 3.63) is 70.8 Å². The largest absolute Gasteiger partial charge is 0.416 e. The molecule has 11 heteroatoms. The topological polar surface area (TPSA) is 50.8 Å². The van der Waals surface area contributed by atoms with Crippen molar-refractivity contribution in [1.82, 2.24) is 10.2 Å². The van der Waals surface area contributed by atoms with Crippen LogP contribution in [-0.4, -0.2) is 43.3 Å². The van der Waals surface area contributed by atoms with E-state index in [1.54, 1.807) is 35.2 Å². The van der Waals surface area contributed by atoms with Crippen molar-refractivity contribution in [2.45, 2.75) is 43.4 Å². The van der Waals surface area contributed by atoms with Crippen LogP contribution in [0.25, 0.3) is 0 Å². The summed E-state index contributed by atoms with van der Waals surface area (Å²) in [5.74, 6) is 0. The molecule has 0 saturated carbocycles. The molecule has 0 bridgehead atoms. The number of nitrogens with zero attached hydrogens (tertiary/aromatic N) is 1. The van der Waals surface area contributed by atoms with Gasteiger partial charge in [0.1, 0.15) is 0 Å². The van der Waals surface area contributed by atoms with Gasteiger partial charge in [-0.15, -0.1) is 0 Å². The Bertz CT molecular complexity index is 1010. The van der Waals surface area contributed by atoms with Gasteiger partial charge in [-0.2, -0.15) is 26.3 Å². The second kappa shape index (κ2) is 9.69. The lowest BCUT2D eigenvalue weighted by Crippen LogP contribution is -2.62. The lowest BCUT2D eigenvalue weighted by molar-refractivity contribution is -0.143. The van der Waals surface area contributed by atoms with E-state index in [2.05, 4.69) is 5.32 Å². The smallest absolute Gasteiger partial charge is 0.379 e. The average Bonchev–Trinajstić information content (AvgIpc) is 3.33. The molecule has 1 N–H and O–H groups in total. The molecule has 5 nitrogen and oxygen atoms in total. The maximum atomic E-state index is 13.2. The van der Waals surface area contributed by atoms with Gasteiger partial charge in [-0.3, -0.25) is 0 Å². The third-order valence-electron chi connectivity index (χ3n) is 6.32. The van der Waals surface area contributed by atoms with Crippen molar-refractivity contribution in [1.29, 1.82) is 0 Å². The summed E-state index contributed by atoms with van der Waals surface area (Å²) < 4.78 is 90.1. The van der Waals surface area contributed by atoms with E-state index in [1.807, 2.05) is 0 Å². The number of rotatable bonds is 6. The number of hydrogen-bond acceptors (Lipinski definition) is 3. The molecular weight excluding hydrogens is 478 g/mol. The summed E-state index contributed by atoms with van der Waals surface area (Å²) in [4.78, 5) is 14.7. The van der Waals surface area contributed by atoms with Gasteiger partial charge in [0.05, 0.1) is 42.5 Å². The highest BCUT2D eigenvalue weighted by Crippen LogP contribution is 2.37. The molecule has 0 radical (unpaired) electrons. The fourth-order valence-electron chi connectivity index (χ4n) is 4.48. The van der Waals surface area contributed by atoms with Crippen molar-refractivity contribution in [2.75, 3.05) is 26.4 Å². The van der Waals surface area contributed by atoms with E-state index in [4.69, 9.17) is 9.47 Å². The first-order chi connectivity index (χ1) is 16.5. The molecule has 35 heavy (non-hydrogen) atoms. The lowest BCUT2D eigenvalue weighted by Gasteiger charge is -2.44. The molecule has 4 rings (SSSR count). The Hall–Kier alpha value is -2.79. The zero-order valence-corrected chi connectivity index (χ0v) is 18.6. The Kier molecular flexibility index (Phi) is 7.01. The van der Waals surface area contributed by atoms with Gasteiger partial charge >= 0.3 is 18.4 Å². The standard InChI is InChI=1S/C24H24F6N2O3/c25-23(26,27)18-10-16(11-19(12-18)24(28,29)30)13-35-15-22(17-4-2-1-3-5-17)7-8-32(21(33)31-22)20-6-9-34-14-20/h1-5,10-12,20H,6-9,13-15H2,(H,31,33). The molecule has 2 aliphatic rings. The van der Waals surface area contributed by atoms with Crippen LogP contribution in [0.2, 0.25) is 0 Å². The van der Waals surface area contributed by atoms with Crippen molar-refractivity contribution in [2.24, 2.45) is 0 Å². The molecule has 2 atom stereocenters. The third kappa shape index (κ3) is 5.72. The molecule has 0 aliphatic carbocycles. The van der Waals surface area contributed by atoms with Crippen LogP contribution in [0, 0.1) is 0 Å². The van der Waals surface area contributed by atoms with Gasteiger partial charge in [-0.1, -0.05) is 30.3 Å². The van der Waals surface area contributed by atoms with Gasteiger partial charge in [-0.05, 0) is 42.2 Å². The molecule has 2 unspecified atom stereocenters.